The first-order chi connectivity index (χ1) is 10.5. The minimum absolute atomic E-state index is 0.0211. The normalized spacial score (nSPS) is 11.0. The number of hydrogen-bond donors (Lipinski definition) is 1. The number of carbonyl (C=O) groups is 1. The van der Waals surface area contributed by atoms with Crippen LogP contribution in [-0.2, 0) is 4.79 Å². The van der Waals surface area contributed by atoms with E-state index in [1.54, 1.807) is 0 Å². The van der Waals surface area contributed by atoms with E-state index < -0.39 is 0 Å². The van der Waals surface area contributed by atoms with Crippen LogP contribution in [0.1, 0.15) is 27.2 Å². The highest BCUT2D eigenvalue weighted by atomic mass is 16.5. The van der Waals surface area contributed by atoms with E-state index in [0.29, 0.717) is 0 Å². The Morgan fingerprint density at radius 1 is 1.05 bits per heavy atom. The molecule has 22 heavy (non-hydrogen) atoms. The van der Waals surface area contributed by atoms with Gasteiger partial charge >= 0.3 is 0 Å². The van der Waals surface area contributed by atoms with E-state index in [1.165, 1.54) is 0 Å². The molecule has 0 heterocycles. The summed E-state index contributed by atoms with van der Waals surface area (Å²) in [6.07, 6.45) is 0.874. The molecular weight excluding hydrogens is 274 g/mol. The van der Waals surface area contributed by atoms with Crippen molar-refractivity contribution < 1.29 is 9.53 Å². The van der Waals surface area contributed by atoms with Gasteiger partial charge in [-0.3, -0.25) is 4.79 Å². The first-order valence-electron chi connectivity index (χ1n) is 7.60. The number of amides is 1. The van der Waals surface area contributed by atoms with Crippen LogP contribution in [0.25, 0.3) is 11.1 Å². The van der Waals surface area contributed by atoms with E-state index in [0.717, 1.165) is 23.3 Å². The zero-order chi connectivity index (χ0) is 16.0. The molecule has 1 amide bonds. The Hall–Kier alpha value is -2.29. The molecule has 0 aliphatic rings. The van der Waals surface area contributed by atoms with Crippen molar-refractivity contribution in [3.63, 3.8) is 0 Å². The van der Waals surface area contributed by atoms with Gasteiger partial charge in [0.05, 0.1) is 0 Å². The summed E-state index contributed by atoms with van der Waals surface area (Å²) >= 11 is 0. The summed E-state index contributed by atoms with van der Waals surface area (Å²) in [5.74, 6) is 0.618. The lowest BCUT2D eigenvalue weighted by Gasteiger charge is -2.24. The maximum Gasteiger partial charge on any atom is 0.258 e. The van der Waals surface area contributed by atoms with Crippen LogP contribution < -0.4 is 10.1 Å². The highest BCUT2D eigenvalue weighted by Crippen LogP contribution is 2.29. The molecule has 0 bridgehead atoms. The Morgan fingerprint density at radius 2 is 1.68 bits per heavy atom. The van der Waals surface area contributed by atoms with E-state index in [-0.39, 0.29) is 18.1 Å². The van der Waals surface area contributed by atoms with Crippen LogP contribution in [0, 0.1) is 0 Å². The zero-order valence-electron chi connectivity index (χ0n) is 13.4. The van der Waals surface area contributed by atoms with Gasteiger partial charge in [-0.15, -0.1) is 0 Å². The Bertz CT molecular complexity index is 620. The summed E-state index contributed by atoms with van der Waals surface area (Å²) in [5.41, 5.74) is 1.86. The smallest absolute Gasteiger partial charge is 0.258 e. The summed E-state index contributed by atoms with van der Waals surface area (Å²) in [6.45, 7) is 6.07. The Kier molecular flexibility index (Phi) is 5.21. The molecule has 0 spiro atoms. The molecule has 0 aliphatic heterocycles. The van der Waals surface area contributed by atoms with Crippen LogP contribution in [0.5, 0.6) is 5.75 Å². The maximum atomic E-state index is 12.0. The monoisotopic (exact) mass is 297 g/mol. The van der Waals surface area contributed by atoms with Gasteiger partial charge in [-0.2, -0.15) is 0 Å². The number of benzene rings is 2. The van der Waals surface area contributed by atoms with Crippen LogP contribution in [0.15, 0.2) is 54.6 Å². The topological polar surface area (TPSA) is 38.3 Å². The summed E-state index contributed by atoms with van der Waals surface area (Å²) in [7, 11) is 0. The van der Waals surface area contributed by atoms with Crippen LogP contribution in [-0.4, -0.2) is 18.1 Å². The molecule has 0 saturated heterocycles. The average Bonchev–Trinajstić information content (AvgIpc) is 2.54. The molecule has 2 aromatic carbocycles. The van der Waals surface area contributed by atoms with E-state index in [9.17, 15) is 4.79 Å². The van der Waals surface area contributed by atoms with Crippen LogP contribution >= 0.6 is 0 Å². The Labute approximate surface area is 132 Å². The second-order valence-electron chi connectivity index (χ2n) is 5.94. The number of hydrogen-bond acceptors (Lipinski definition) is 2. The summed E-state index contributed by atoms with van der Waals surface area (Å²) in [5, 5.41) is 2.97. The minimum atomic E-state index is -0.209. The lowest BCUT2D eigenvalue weighted by Crippen LogP contribution is -2.44. The molecular formula is C19H23NO2. The van der Waals surface area contributed by atoms with Crippen molar-refractivity contribution in [2.24, 2.45) is 0 Å². The summed E-state index contributed by atoms with van der Waals surface area (Å²) in [6, 6.07) is 17.8. The van der Waals surface area contributed by atoms with Crippen molar-refractivity contribution in [1.82, 2.24) is 5.32 Å². The third kappa shape index (κ3) is 4.35. The second kappa shape index (κ2) is 7.12. The van der Waals surface area contributed by atoms with Crippen LogP contribution in [0.4, 0.5) is 0 Å². The molecule has 0 unspecified atom stereocenters. The van der Waals surface area contributed by atoms with Gasteiger partial charge in [0.15, 0.2) is 6.61 Å². The lowest BCUT2D eigenvalue weighted by atomic mass is 10.0. The molecule has 0 atom stereocenters. The van der Waals surface area contributed by atoms with Gasteiger partial charge in [0.2, 0.25) is 0 Å². The highest BCUT2D eigenvalue weighted by molar-refractivity contribution is 5.79. The molecule has 2 aromatic rings. The molecule has 1 N–H and O–H groups in total. The van der Waals surface area contributed by atoms with Crippen molar-refractivity contribution in [1.29, 1.82) is 0 Å². The van der Waals surface area contributed by atoms with E-state index in [4.69, 9.17) is 4.74 Å². The van der Waals surface area contributed by atoms with Crippen LogP contribution in [0.2, 0.25) is 0 Å². The van der Waals surface area contributed by atoms with Gasteiger partial charge in [0.25, 0.3) is 5.91 Å². The predicted octanol–water partition coefficient (Wildman–Crippen LogP) is 4.04. The predicted molar refractivity (Wildman–Crippen MR) is 89.9 cm³/mol. The fourth-order valence-corrected chi connectivity index (χ4v) is 2.09. The third-order valence-corrected chi connectivity index (χ3v) is 3.69. The first kappa shape index (κ1) is 16.1. The van der Waals surface area contributed by atoms with Crippen molar-refractivity contribution in [3.8, 4) is 16.9 Å². The van der Waals surface area contributed by atoms with Crippen molar-refractivity contribution in [3.05, 3.63) is 54.6 Å². The van der Waals surface area contributed by atoms with E-state index in [2.05, 4.69) is 5.32 Å². The van der Waals surface area contributed by atoms with E-state index in [1.807, 2.05) is 75.4 Å². The van der Waals surface area contributed by atoms with Gasteiger partial charge in [-0.25, -0.2) is 0 Å². The number of carbonyl (C=O) groups excluding carboxylic acids is 1. The largest absolute Gasteiger partial charge is 0.483 e. The zero-order valence-corrected chi connectivity index (χ0v) is 13.4. The molecule has 0 aromatic heterocycles. The minimum Gasteiger partial charge on any atom is -0.483 e. The standard InChI is InChI=1S/C19H23NO2/c1-4-19(2,3)20-18(21)14-22-17-13-9-8-12-16(17)15-10-6-5-7-11-15/h5-13H,4,14H2,1-3H3,(H,20,21). The second-order valence-corrected chi connectivity index (χ2v) is 5.94. The molecule has 0 fully saturated rings. The van der Waals surface area contributed by atoms with Gasteiger partial charge in [-0.1, -0.05) is 55.5 Å². The summed E-state index contributed by atoms with van der Waals surface area (Å²) in [4.78, 5) is 12.0. The summed E-state index contributed by atoms with van der Waals surface area (Å²) < 4.78 is 5.73. The number of para-hydroxylation sites is 1. The fraction of sp³-hybridized carbons (Fsp3) is 0.316. The molecule has 2 rings (SSSR count). The fourth-order valence-electron chi connectivity index (χ4n) is 2.09. The average molecular weight is 297 g/mol. The Balaban J connectivity index is 2.07. The van der Waals surface area contributed by atoms with Crippen molar-refractivity contribution in [2.75, 3.05) is 6.61 Å². The molecule has 0 aliphatic carbocycles. The van der Waals surface area contributed by atoms with Gasteiger partial charge in [0.1, 0.15) is 5.75 Å². The van der Waals surface area contributed by atoms with Crippen molar-refractivity contribution >= 4 is 5.91 Å². The van der Waals surface area contributed by atoms with E-state index >= 15 is 0 Å². The molecule has 0 saturated carbocycles. The quantitative estimate of drug-likeness (QED) is 0.874. The SMILES string of the molecule is CCC(C)(C)NC(=O)COc1ccccc1-c1ccccc1. The molecule has 3 heteroatoms. The number of ether oxygens (including phenoxy) is 1. The van der Waals surface area contributed by atoms with Gasteiger partial charge in [-0.05, 0) is 31.9 Å². The first-order valence-corrected chi connectivity index (χ1v) is 7.60. The molecule has 116 valence electrons. The van der Waals surface area contributed by atoms with Gasteiger partial charge < -0.3 is 10.1 Å². The molecule has 3 nitrogen and oxygen atoms in total. The third-order valence-electron chi connectivity index (χ3n) is 3.69. The van der Waals surface area contributed by atoms with Gasteiger partial charge in [0, 0.05) is 11.1 Å². The van der Waals surface area contributed by atoms with Crippen LogP contribution in [0.3, 0.4) is 0 Å². The van der Waals surface area contributed by atoms with Crippen molar-refractivity contribution in [2.45, 2.75) is 32.7 Å². The lowest BCUT2D eigenvalue weighted by molar-refractivity contribution is -0.124. The number of rotatable bonds is 6. The molecule has 0 radical (unpaired) electrons. The highest BCUT2D eigenvalue weighted by Gasteiger charge is 2.18. The maximum absolute atomic E-state index is 12.0. The Morgan fingerprint density at radius 3 is 2.36 bits per heavy atom. The number of nitrogens with one attached hydrogen (secondary N) is 1.